The predicted molar refractivity (Wildman–Crippen MR) is 77.6 cm³/mol. The van der Waals surface area contributed by atoms with Crippen LogP contribution in [0.2, 0.25) is 0 Å². The lowest BCUT2D eigenvalue weighted by molar-refractivity contribution is -0.0216. The molecule has 0 aliphatic rings. The Morgan fingerprint density at radius 3 is 2.56 bits per heavy atom. The zero-order valence-electron chi connectivity index (χ0n) is 11.4. The van der Waals surface area contributed by atoms with E-state index < -0.39 is 5.60 Å². The number of alkyl halides is 1. The van der Waals surface area contributed by atoms with Gasteiger partial charge in [-0.25, -0.2) is 4.39 Å². The fraction of sp³-hybridized carbons (Fsp3) is 0.600. The Bertz CT molecular complexity index is 367. The second kappa shape index (κ2) is 7.25. The van der Waals surface area contributed by atoms with Gasteiger partial charge in [-0.15, -0.1) is 0 Å². The Kier molecular flexibility index (Phi) is 6.30. The molecule has 0 radical (unpaired) electrons. The maximum Gasteiger partial charge on any atom is 0.129 e. The molecule has 0 aromatic heterocycles. The van der Waals surface area contributed by atoms with Gasteiger partial charge in [-0.05, 0) is 31.7 Å². The standard InChI is InChI=1S/C15H22BrFO/c1-12(2)7-6-10-18-15(3,11-16)13-8-4-5-9-14(13)17/h4-5,8-9,12H,6-7,10-11H2,1-3H3. The fourth-order valence-corrected chi connectivity index (χ4v) is 2.33. The molecule has 0 saturated heterocycles. The zero-order valence-corrected chi connectivity index (χ0v) is 13.0. The minimum atomic E-state index is -0.595. The first-order valence-corrected chi connectivity index (χ1v) is 7.56. The van der Waals surface area contributed by atoms with E-state index in [1.807, 2.05) is 13.0 Å². The van der Waals surface area contributed by atoms with Crippen LogP contribution in [0.4, 0.5) is 4.39 Å². The molecule has 0 saturated carbocycles. The summed E-state index contributed by atoms with van der Waals surface area (Å²) < 4.78 is 19.7. The molecule has 1 rings (SSSR count). The molecule has 1 aromatic rings. The van der Waals surface area contributed by atoms with Crippen LogP contribution < -0.4 is 0 Å². The molecule has 1 unspecified atom stereocenters. The molecule has 1 nitrogen and oxygen atoms in total. The van der Waals surface area contributed by atoms with E-state index in [0.29, 0.717) is 23.4 Å². The molecule has 0 heterocycles. The van der Waals surface area contributed by atoms with Gasteiger partial charge >= 0.3 is 0 Å². The third-order valence-electron chi connectivity index (χ3n) is 3.05. The van der Waals surface area contributed by atoms with Crippen molar-refractivity contribution in [2.75, 3.05) is 11.9 Å². The first-order valence-electron chi connectivity index (χ1n) is 6.44. The van der Waals surface area contributed by atoms with Gasteiger partial charge in [0.15, 0.2) is 0 Å². The Morgan fingerprint density at radius 2 is 2.00 bits per heavy atom. The highest BCUT2D eigenvalue weighted by molar-refractivity contribution is 9.09. The molecule has 3 heteroatoms. The average Bonchev–Trinajstić information content (AvgIpc) is 2.35. The van der Waals surface area contributed by atoms with Crippen molar-refractivity contribution >= 4 is 15.9 Å². The predicted octanol–water partition coefficient (Wildman–Crippen LogP) is 4.89. The lowest BCUT2D eigenvalue weighted by atomic mass is 9.97. The molecule has 0 fully saturated rings. The van der Waals surface area contributed by atoms with Gasteiger partial charge in [0.2, 0.25) is 0 Å². The van der Waals surface area contributed by atoms with Crippen LogP contribution in [0.15, 0.2) is 24.3 Å². The number of halogens is 2. The van der Waals surface area contributed by atoms with Crippen molar-refractivity contribution in [3.8, 4) is 0 Å². The van der Waals surface area contributed by atoms with Gasteiger partial charge in [0, 0.05) is 17.5 Å². The fourth-order valence-electron chi connectivity index (χ4n) is 1.87. The highest BCUT2D eigenvalue weighted by Crippen LogP contribution is 2.30. The van der Waals surface area contributed by atoms with Crippen molar-refractivity contribution < 1.29 is 9.13 Å². The molecule has 0 spiro atoms. The largest absolute Gasteiger partial charge is 0.370 e. The van der Waals surface area contributed by atoms with E-state index in [4.69, 9.17) is 4.74 Å². The number of rotatable bonds is 7. The summed E-state index contributed by atoms with van der Waals surface area (Å²) in [4.78, 5) is 0. The third-order valence-corrected chi connectivity index (χ3v) is 4.12. The van der Waals surface area contributed by atoms with Crippen molar-refractivity contribution in [2.24, 2.45) is 5.92 Å². The molecule has 0 amide bonds. The summed E-state index contributed by atoms with van der Waals surface area (Å²) in [5, 5.41) is 0.586. The summed E-state index contributed by atoms with van der Waals surface area (Å²) in [6, 6.07) is 6.82. The molecule has 0 aliphatic carbocycles. The smallest absolute Gasteiger partial charge is 0.129 e. The molecule has 102 valence electrons. The third kappa shape index (κ3) is 4.36. The molecule has 1 aromatic carbocycles. The van der Waals surface area contributed by atoms with E-state index in [0.717, 1.165) is 12.8 Å². The lowest BCUT2D eigenvalue weighted by Crippen LogP contribution is -2.29. The van der Waals surface area contributed by atoms with Crippen LogP contribution >= 0.6 is 15.9 Å². The van der Waals surface area contributed by atoms with E-state index in [2.05, 4.69) is 29.8 Å². The minimum absolute atomic E-state index is 0.205. The van der Waals surface area contributed by atoms with Gasteiger partial charge in [-0.3, -0.25) is 0 Å². The Labute approximate surface area is 118 Å². The molecule has 1 atom stereocenters. The normalized spacial score (nSPS) is 14.8. The summed E-state index contributed by atoms with van der Waals surface area (Å²) in [5.74, 6) is 0.473. The minimum Gasteiger partial charge on any atom is -0.370 e. The van der Waals surface area contributed by atoms with E-state index in [-0.39, 0.29) is 5.82 Å². The van der Waals surface area contributed by atoms with E-state index in [9.17, 15) is 4.39 Å². The van der Waals surface area contributed by atoms with Gasteiger partial charge in [0.25, 0.3) is 0 Å². The molecule has 0 N–H and O–H groups in total. The summed E-state index contributed by atoms with van der Waals surface area (Å²) >= 11 is 3.43. The summed E-state index contributed by atoms with van der Waals surface area (Å²) in [6.07, 6.45) is 2.14. The van der Waals surface area contributed by atoms with Crippen molar-refractivity contribution in [3.63, 3.8) is 0 Å². The maximum atomic E-state index is 13.8. The van der Waals surface area contributed by atoms with Crippen LogP contribution in [0, 0.1) is 11.7 Å². The number of hydrogen-bond donors (Lipinski definition) is 0. The van der Waals surface area contributed by atoms with E-state index in [1.165, 1.54) is 6.07 Å². The Morgan fingerprint density at radius 1 is 1.33 bits per heavy atom. The number of hydrogen-bond acceptors (Lipinski definition) is 1. The van der Waals surface area contributed by atoms with Gasteiger partial charge in [-0.2, -0.15) is 0 Å². The van der Waals surface area contributed by atoms with Crippen molar-refractivity contribution in [1.29, 1.82) is 0 Å². The number of ether oxygens (including phenoxy) is 1. The molecule has 0 bridgehead atoms. The van der Waals surface area contributed by atoms with Gasteiger partial charge in [-0.1, -0.05) is 48.0 Å². The first kappa shape index (κ1) is 15.6. The quantitative estimate of drug-likeness (QED) is 0.514. The lowest BCUT2D eigenvalue weighted by Gasteiger charge is -2.29. The summed E-state index contributed by atoms with van der Waals surface area (Å²) in [5.41, 5.74) is 0.0221. The summed E-state index contributed by atoms with van der Waals surface area (Å²) in [6.45, 7) is 6.98. The van der Waals surface area contributed by atoms with Crippen LogP contribution in [0.3, 0.4) is 0 Å². The van der Waals surface area contributed by atoms with Crippen LogP contribution in [0.5, 0.6) is 0 Å². The van der Waals surface area contributed by atoms with Gasteiger partial charge in [0.05, 0.1) is 0 Å². The highest BCUT2D eigenvalue weighted by Gasteiger charge is 2.28. The SMILES string of the molecule is CC(C)CCCOC(C)(CBr)c1ccccc1F. The van der Waals surface area contributed by atoms with Crippen molar-refractivity contribution in [1.82, 2.24) is 0 Å². The highest BCUT2D eigenvalue weighted by atomic mass is 79.9. The van der Waals surface area contributed by atoms with Crippen LogP contribution in [-0.4, -0.2) is 11.9 Å². The Hall–Kier alpha value is -0.410. The first-order chi connectivity index (χ1) is 8.49. The van der Waals surface area contributed by atoms with Crippen molar-refractivity contribution in [2.45, 2.75) is 39.2 Å². The zero-order chi connectivity index (χ0) is 13.6. The van der Waals surface area contributed by atoms with E-state index in [1.54, 1.807) is 12.1 Å². The maximum absolute atomic E-state index is 13.8. The monoisotopic (exact) mass is 316 g/mol. The van der Waals surface area contributed by atoms with Crippen LogP contribution in [-0.2, 0) is 10.3 Å². The number of benzene rings is 1. The van der Waals surface area contributed by atoms with Crippen molar-refractivity contribution in [3.05, 3.63) is 35.6 Å². The second-order valence-electron chi connectivity index (χ2n) is 5.23. The molecular weight excluding hydrogens is 295 g/mol. The topological polar surface area (TPSA) is 9.23 Å². The molecular formula is C15H22BrFO. The van der Waals surface area contributed by atoms with Crippen LogP contribution in [0.25, 0.3) is 0 Å². The Balaban J connectivity index is 2.65. The molecule has 0 aliphatic heterocycles. The second-order valence-corrected chi connectivity index (χ2v) is 5.79. The molecule has 18 heavy (non-hydrogen) atoms. The van der Waals surface area contributed by atoms with Gasteiger partial charge < -0.3 is 4.74 Å². The van der Waals surface area contributed by atoms with Gasteiger partial charge in [0.1, 0.15) is 11.4 Å². The van der Waals surface area contributed by atoms with Crippen LogP contribution in [0.1, 0.15) is 39.2 Å². The summed E-state index contributed by atoms with van der Waals surface area (Å²) in [7, 11) is 0. The van der Waals surface area contributed by atoms with E-state index >= 15 is 0 Å². The average molecular weight is 317 g/mol.